The van der Waals surface area contributed by atoms with E-state index in [9.17, 15) is 14.7 Å². The number of hydrogen-bond acceptors (Lipinski definition) is 3. The van der Waals surface area contributed by atoms with E-state index >= 15 is 0 Å². The maximum atomic E-state index is 13.9. The molecule has 1 aliphatic carbocycles. The summed E-state index contributed by atoms with van der Waals surface area (Å²) >= 11 is 0. The largest absolute Gasteiger partial charge is 0.478 e. The highest BCUT2D eigenvalue weighted by atomic mass is 16.6. The number of aryl methyl sites for hydroxylation is 3. The fourth-order valence-corrected chi connectivity index (χ4v) is 5.54. The van der Waals surface area contributed by atoms with Gasteiger partial charge in [0.05, 0.1) is 17.3 Å². The number of carboxylic acids is 1. The molecular formula is C33H31NO4. The van der Waals surface area contributed by atoms with Crippen LogP contribution in [0.4, 0.5) is 10.5 Å². The number of carbonyl (C=O) groups excluding carboxylic acids is 1. The predicted molar refractivity (Wildman–Crippen MR) is 150 cm³/mol. The summed E-state index contributed by atoms with van der Waals surface area (Å²) in [4.78, 5) is 27.1. The zero-order valence-electron chi connectivity index (χ0n) is 22.1. The van der Waals surface area contributed by atoms with Gasteiger partial charge in [-0.2, -0.15) is 0 Å². The molecule has 0 saturated heterocycles. The monoisotopic (exact) mass is 505 g/mol. The van der Waals surface area contributed by atoms with Crippen molar-refractivity contribution < 1.29 is 19.4 Å². The maximum absolute atomic E-state index is 13.9. The first-order chi connectivity index (χ1) is 18.3. The molecule has 0 aromatic heterocycles. The Morgan fingerprint density at radius 2 is 1.47 bits per heavy atom. The first-order valence-corrected chi connectivity index (χ1v) is 12.8. The molecular weight excluding hydrogens is 474 g/mol. The second kappa shape index (κ2) is 10.2. The van der Waals surface area contributed by atoms with Crippen molar-refractivity contribution in [1.82, 2.24) is 0 Å². The summed E-state index contributed by atoms with van der Waals surface area (Å²) in [5.74, 6) is -1.06. The third kappa shape index (κ3) is 4.56. The van der Waals surface area contributed by atoms with Crippen LogP contribution in [0.3, 0.4) is 0 Å². The highest BCUT2D eigenvalue weighted by Crippen LogP contribution is 2.44. The van der Waals surface area contributed by atoms with Gasteiger partial charge in [-0.1, -0.05) is 72.3 Å². The van der Waals surface area contributed by atoms with E-state index < -0.39 is 12.1 Å². The van der Waals surface area contributed by atoms with E-state index in [1.165, 1.54) is 17.2 Å². The van der Waals surface area contributed by atoms with Gasteiger partial charge in [-0.15, -0.1) is 0 Å². The van der Waals surface area contributed by atoms with Gasteiger partial charge in [0.2, 0.25) is 0 Å². The molecule has 5 rings (SSSR count). The van der Waals surface area contributed by atoms with Crippen molar-refractivity contribution in [2.75, 3.05) is 11.5 Å². The molecule has 4 aromatic carbocycles. The van der Waals surface area contributed by atoms with Gasteiger partial charge in [0, 0.05) is 5.92 Å². The molecule has 1 atom stereocenters. The van der Waals surface area contributed by atoms with Crippen LogP contribution in [0.15, 0.2) is 84.9 Å². The number of ether oxygens (including phenoxy) is 1. The first-order valence-electron chi connectivity index (χ1n) is 12.8. The highest BCUT2D eigenvalue weighted by molar-refractivity contribution is 5.93. The quantitative estimate of drug-likeness (QED) is 0.290. The lowest BCUT2D eigenvalue weighted by atomic mass is 9.97. The summed E-state index contributed by atoms with van der Waals surface area (Å²) in [5, 5.41) is 9.46. The second-order valence-electron chi connectivity index (χ2n) is 10.0. The summed E-state index contributed by atoms with van der Waals surface area (Å²) in [6.45, 7) is 8.06. The van der Waals surface area contributed by atoms with Crippen LogP contribution in [0.2, 0.25) is 0 Å². The van der Waals surface area contributed by atoms with Gasteiger partial charge in [0.15, 0.2) is 0 Å². The third-order valence-corrected chi connectivity index (χ3v) is 7.51. The molecule has 0 saturated carbocycles. The average molecular weight is 506 g/mol. The first kappa shape index (κ1) is 25.3. The molecule has 0 radical (unpaired) electrons. The van der Waals surface area contributed by atoms with E-state index in [0.29, 0.717) is 11.3 Å². The summed E-state index contributed by atoms with van der Waals surface area (Å²) in [6, 6.07) is 27.2. The van der Waals surface area contributed by atoms with Crippen LogP contribution in [0, 0.1) is 20.8 Å². The smallest absolute Gasteiger partial charge is 0.414 e. The van der Waals surface area contributed by atoms with E-state index in [0.717, 1.165) is 27.8 Å². The van der Waals surface area contributed by atoms with E-state index in [-0.39, 0.29) is 24.1 Å². The van der Waals surface area contributed by atoms with Crippen LogP contribution in [0.25, 0.3) is 11.1 Å². The molecule has 1 unspecified atom stereocenters. The van der Waals surface area contributed by atoms with Gasteiger partial charge >= 0.3 is 12.1 Å². The molecule has 192 valence electrons. The molecule has 0 spiro atoms. The van der Waals surface area contributed by atoms with E-state index in [2.05, 4.69) is 42.5 Å². The minimum Gasteiger partial charge on any atom is -0.478 e. The molecule has 5 nitrogen and oxygen atoms in total. The number of benzene rings is 4. The van der Waals surface area contributed by atoms with Crippen molar-refractivity contribution in [3.05, 3.63) is 124 Å². The minimum atomic E-state index is -1.00. The molecule has 1 aliphatic rings. The van der Waals surface area contributed by atoms with Crippen LogP contribution < -0.4 is 4.90 Å². The lowest BCUT2D eigenvalue weighted by Gasteiger charge is -2.32. The van der Waals surface area contributed by atoms with Crippen molar-refractivity contribution in [2.24, 2.45) is 0 Å². The fourth-order valence-electron chi connectivity index (χ4n) is 5.54. The predicted octanol–water partition coefficient (Wildman–Crippen LogP) is 7.83. The molecule has 1 N–H and O–H groups in total. The Balaban J connectivity index is 1.50. The molecule has 4 aromatic rings. The number of rotatable bonds is 6. The van der Waals surface area contributed by atoms with E-state index in [1.54, 1.807) is 17.0 Å². The molecule has 1 amide bonds. The van der Waals surface area contributed by atoms with Gasteiger partial charge in [0.25, 0.3) is 0 Å². The maximum Gasteiger partial charge on any atom is 0.414 e. The highest BCUT2D eigenvalue weighted by Gasteiger charge is 2.32. The SMILES string of the molecule is Cc1ccc(C)c(C(C)N(C(=O)OCC2c3ccccc3-c3ccccc32)c2ccc(C(=O)O)cc2C)c1. The van der Waals surface area contributed by atoms with E-state index in [1.807, 2.05) is 52.0 Å². The zero-order valence-corrected chi connectivity index (χ0v) is 22.1. The van der Waals surface area contributed by atoms with Crippen LogP contribution in [0.5, 0.6) is 0 Å². The number of carbonyl (C=O) groups is 2. The van der Waals surface area contributed by atoms with Crippen molar-refractivity contribution >= 4 is 17.7 Å². The Bertz CT molecular complexity index is 1490. The lowest BCUT2D eigenvalue weighted by molar-refractivity contribution is 0.0696. The Hall–Kier alpha value is -4.38. The second-order valence-corrected chi connectivity index (χ2v) is 10.0. The summed E-state index contributed by atoms with van der Waals surface area (Å²) in [6.07, 6.45) is -0.466. The lowest BCUT2D eigenvalue weighted by Crippen LogP contribution is -2.36. The molecule has 0 aliphatic heterocycles. The van der Waals surface area contributed by atoms with Crippen molar-refractivity contribution in [3.63, 3.8) is 0 Å². The summed E-state index contributed by atoms with van der Waals surface area (Å²) in [5.41, 5.74) is 9.32. The number of fused-ring (bicyclic) bond motifs is 3. The topological polar surface area (TPSA) is 66.8 Å². The Morgan fingerprint density at radius 3 is 2.08 bits per heavy atom. The Kier molecular flexibility index (Phi) is 6.77. The van der Waals surface area contributed by atoms with Gasteiger partial charge in [-0.25, -0.2) is 9.59 Å². The molecule has 0 fully saturated rings. The van der Waals surface area contributed by atoms with Crippen molar-refractivity contribution in [2.45, 2.75) is 39.7 Å². The van der Waals surface area contributed by atoms with Crippen LogP contribution in [-0.4, -0.2) is 23.8 Å². The number of aromatic carboxylic acids is 1. The molecule has 38 heavy (non-hydrogen) atoms. The fraction of sp³-hybridized carbons (Fsp3) is 0.212. The Morgan fingerprint density at radius 1 is 0.842 bits per heavy atom. The van der Waals surface area contributed by atoms with Gasteiger partial charge in [-0.05, 0) is 84.8 Å². The summed E-state index contributed by atoms with van der Waals surface area (Å²) < 4.78 is 6.07. The van der Waals surface area contributed by atoms with Gasteiger partial charge in [-0.3, -0.25) is 4.90 Å². The van der Waals surface area contributed by atoms with Crippen LogP contribution >= 0.6 is 0 Å². The van der Waals surface area contributed by atoms with Crippen LogP contribution in [0.1, 0.15) is 62.6 Å². The minimum absolute atomic E-state index is 0.0558. The van der Waals surface area contributed by atoms with Crippen molar-refractivity contribution in [3.8, 4) is 11.1 Å². The number of amides is 1. The van der Waals surface area contributed by atoms with Crippen molar-refractivity contribution in [1.29, 1.82) is 0 Å². The molecule has 0 heterocycles. The van der Waals surface area contributed by atoms with Crippen LogP contribution in [-0.2, 0) is 4.74 Å². The number of anilines is 1. The number of carboxylic acid groups (broad SMARTS) is 1. The number of nitrogens with zero attached hydrogens (tertiary/aromatic N) is 1. The average Bonchev–Trinajstić information content (AvgIpc) is 3.23. The Labute approximate surface area is 223 Å². The molecule has 0 bridgehead atoms. The standard InChI is InChI=1S/C33H31NO4/c1-20-13-14-21(2)29(17-20)23(4)34(31-16-15-24(32(35)36)18-22(31)3)33(37)38-19-30-27-11-7-5-9-25(27)26-10-6-8-12-28(26)30/h5-18,23,30H,19H2,1-4H3,(H,35,36). The summed E-state index contributed by atoms with van der Waals surface area (Å²) in [7, 11) is 0. The number of hydrogen-bond donors (Lipinski definition) is 1. The van der Waals surface area contributed by atoms with Gasteiger partial charge in [0.1, 0.15) is 6.61 Å². The normalized spacial score (nSPS) is 12.9. The third-order valence-electron chi connectivity index (χ3n) is 7.51. The molecule has 5 heteroatoms. The zero-order chi connectivity index (χ0) is 27.0. The van der Waals surface area contributed by atoms with Gasteiger partial charge < -0.3 is 9.84 Å². The van der Waals surface area contributed by atoms with E-state index in [4.69, 9.17) is 4.74 Å².